The molecule has 126 valence electrons. The largest absolute Gasteiger partial charge is 0.376 e. The molecule has 2 heterocycles. The minimum absolute atomic E-state index is 0.0694. The Morgan fingerprint density at radius 2 is 2.12 bits per heavy atom. The van der Waals surface area contributed by atoms with Crippen molar-refractivity contribution in [1.82, 2.24) is 15.1 Å². The summed E-state index contributed by atoms with van der Waals surface area (Å²) in [6.45, 7) is 2.63. The van der Waals surface area contributed by atoms with Gasteiger partial charge in [0.15, 0.2) is 5.69 Å². The first-order chi connectivity index (χ1) is 11.6. The summed E-state index contributed by atoms with van der Waals surface area (Å²) in [5.41, 5.74) is 1.01. The van der Waals surface area contributed by atoms with E-state index in [9.17, 15) is 9.59 Å². The Morgan fingerprint density at radius 3 is 2.79 bits per heavy atom. The summed E-state index contributed by atoms with van der Waals surface area (Å²) in [5.74, 6) is -0.0545. The number of anilines is 1. The monoisotopic (exact) mass is 328 g/mol. The zero-order valence-corrected chi connectivity index (χ0v) is 13.5. The van der Waals surface area contributed by atoms with Crippen LogP contribution in [0.25, 0.3) is 5.69 Å². The third kappa shape index (κ3) is 3.80. The van der Waals surface area contributed by atoms with Crippen molar-refractivity contribution in [2.45, 2.75) is 25.9 Å². The molecular formula is C17H20N4O3. The molecule has 1 saturated heterocycles. The summed E-state index contributed by atoms with van der Waals surface area (Å²) >= 11 is 0. The zero-order chi connectivity index (χ0) is 16.9. The van der Waals surface area contributed by atoms with Crippen molar-refractivity contribution >= 4 is 17.6 Å². The maximum atomic E-state index is 12.3. The number of carbonyl (C=O) groups is 2. The number of nitrogens with one attached hydrogen (secondary N) is 2. The number of aromatic nitrogens is 2. The van der Waals surface area contributed by atoms with Gasteiger partial charge in [0.1, 0.15) is 5.82 Å². The Morgan fingerprint density at radius 1 is 1.33 bits per heavy atom. The standard InChI is InChI=1S/C17H20N4O3/c1-12(22)19-16-10-15(17(23)18-11-14-8-5-9-24-14)20-21(16)13-6-3-2-4-7-13/h2-4,6-7,10,14H,5,8-9,11H2,1H3,(H,18,23)(H,19,22). The van der Waals surface area contributed by atoms with E-state index in [2.05, 4.69) is 15.7 Å². The Hall–Kier alpha value is -2.67. The predicted molar refractivity (Wildman–Crippen MR) is 89.2 cm³/mol. The van der Waals surface area contributed by atoms with Gasteiger partial charge in [0, 0.05) is 26.1 Å². The first-order valence-corrected chi connectivity index (χ1v) is 7.96. The van der Waals surface area contributed by atoms with E-state index in [0.29, 0.717) is 12.4 Å². The molecule has 0 saturated carbocycles. The second kappa shape index (κ2) is 7.27. The first kappa shape index (κ1) is 16.2. The highest BCUT2D eigenvalue weighted by Gasteiger charge is 2.19. The maximum absolute atomic E-state index is 12.3. The zero-order valence-electron chi connectivity index (χ0n) is 13.5. The average Bonchev–Trinajstić information content (AvgIpc) is 3.22. The van der Waals surface area contributed by atoms with Crippen LogP contribution < -0.4 is 10.6 Å². The van der Waals surface area contributed by atoms with Crippen LogP contribution in [-0.2, 0) is 9.53 Å². The third-order valence-electron chi connectivity index (χ3n) is 3.76. The molecule has 2 N–H and O–H groups in total. The molecule has 1 aromatic heterocycles. The van der Waals surface area contributed by atoms with Crippen LogP contribution in [0.2, 0.25) is 0 Å². The number of benzene rings is 1. The molecule has 1 aliphatic rings. The fourth-order valence-electron chi connectivity index (χ4n) is 2.63. The van der Waals surface area contributed by atoms with Crippen LogP contribution in [-0.4, -0.2) is 40.9 Å². The van der Waals surface area contributed by atoms with E-state index in [1.165, 1.54) is 6.92 Å². The molecule has 1 aromatic carbocycles. The van der Waals surface area contributed by atoms with Crippen LogP contribution in [0.15, 0.2) is 36.4 Å². The van der Waals surface area contributed by atoms with E-state index in [1.807, 2.05) is 30.3 Å². The Labute approximate surface area is 140 Å². The molecule has 0 radical (unpaired) electrons. The molecule has 7 nitrogen and oxygen atoms in total. The van der Waals surface area contributed by atoms with E-state index < -0.39 is 0 Å². The highest BCUT2D eigenvalue weighted by Crippen LogP contribution is 2.17. The van der Waals surface area contributed by atoms with Crippen molar-refractivity contribution in [1.29, 1.82) is 0 Å². The minimum Gasteiger partial charge on any atom is -0.376 e. The van der Waals surface area contributed by atoms with Crippen molar-refractivity contribution in [3.05, 3.63) is 42.1 Å². The van der Waals surface area contributed by atoms with Crippen LogP contribution in [0.1, 0.15) is 30.3 Å². The molecule has 1 unspecified atom stereocenters. The lowest BCUT2D eigenvalue weighted by molar-refractivity contribution is -0.114. The lowest BCUT2D eigenvalue weighted by Gasteiger charge is -2.09. The van der Waals surface area contributed by atoms with Crippen LogP contribution in [0.4, 0.5) is 5.82 Å². The topological polar surface area (TPSA) is 85.2 Å². The predicted octanol–water partition coefficient (Wildman–Crippen LogP) is 1.74. The number of carbonyl (C=O) groups excluding carboxylic acids is 2. The van der Waals surface area contributed by atoms with Crippen molar-refractivity contribution in [2.24, 2.45) is 0 Å². The van der Waals surface area contributed by atoms with Gasteiger partial charge in [-0.05, 0) is 25.0 Å². The van der Waals surface area contributed by atoms with Crippen molar-refractivity contribution in [2.75, 3.05) is 18.5 Å². The molecule has 0 aliphatic carbocycles. The number of para-hydroxylation sites is 1. The van der Waals surface area contributed by atoms with Gasteiger partial charge in [0.05, 0.1) is 11.8 Å². The molecular weight excluding hydrogens is 308 g/mol. The fraction of sp³-hybridized carbons (Fsp3) is 0.353. The van der Waals surface area contributed by atoms with Gasteiger partial charge < -0.3 is 15.4 Å². The number of amides is 2. The SMILES string of the molecule is CC(=O)Nc1cc(C(=O)NCC2CCCO2)nn1-c1ccccc1. The van der Waals surface area contributed by atoms with Crippen LogP contribution in [0, 0.1) is 0 Å². The maximum Gasteiger partial charge on any atom is 0.271 e. The minimum atomic E-state index is -0.285. The number of ether oxygens (including phenoxy) is 1. The van der Waals surface area contributed by atoms with E-state index in [0.717, 1.165) is 25.1 Å². The fourth-order valence-corrected chi connectivity index (χ4v) is 2.63. The van der Waals surface area contributed by atoms with E-state index in [4.69, 9.17) is 4.74 Å². The van der Waals surface area contributed by atoms with Crippen LogP contribution in [0.3, 0.4) is 0 Å². The lowest BCUT2D eigenvalue weighted by Crippen LogP contribution is -2.32. The van der Waals surface area contributed by atoms with E-state index in [1.54, 1.807) is 10.7 Å². The summed E-state index contributed by atoms with van der Waals surface area (Å²) in [6.07, 6.45) is 2.05. The van der Waals surface area contributed by atoms with Crippen LogP contribution in [0.5, 0.6) is 0 Å². The Kier molecular flexibility index (Phi) is 4.90. The molecule has 0 spiro atoms. The summed E-state index contributed by atoms with van der Waals surface area (Å²) in [7, 11) is 0. The van der Waals surface area contributed by atoms with E-state index in [-0.39, 0.29) is 23.6 Å². The van der Waals surface area contributed by atoms with Gasteiger partial charge in [-0.2, -0.15) is 5.10 Å². The molecule has 2 aromatic rings. The van der Waals surface area contributed by atoms with Gasteiger partial charge in [0.25, 0.3) is 5.91 Å². The van der Waals surface area contributed by atoms with Gasteiger partial charge >= 0.3 is 0 Å². The summed E-state index contributed by atoms with van der Waals surface area (Å²) in [5, 5.41) is 9.86. The lowest BCUT2D eigenvalue weighted by atomic mass is 10.2. The Balaban J connectivity index is 1.79. The smallest absolute Gasteiger partial charge is 0.271 e. The van der Waals surface area contributed by atoms with Crippen LogP contribution >= 0.6 is 0 Å². The normalized spacial score (nSPS) is 16.8. The van der Waals surface area contributed by atoms with Gasteiger partial charge in [-0.1, -0.05) is 18.2 Å². The number of rotatable bonds is 5. The summed E-state index contributed by atoms with van der Waals surface area (Å²) in [4.78, 5) is 23.7. The number of nitrogens with zero attached hydrogens (tertiary/aromatic N) is 2. The van der Waals surface area contributed by atoms with Gasteiger partial charge in [-0.25, -0.2) is 4.68 Å². The molecule has 24 heavy (non-hydrogen) atoms. The molecule has 2 amide bonds. The molecule has 3 rings (SSSR count). The highest BCUT2D eigenvalue weighted by molar-refractivity contribution is 5.95. The summed E-state index contributed by atoms with van der Waals surface area (Å²) < 4.78 is 7.04. The van der Waals surface area contributed by atoms with Crippen molar-refractivity contribution in [3.8, 4) is 5.69 Å². The van der Waals surface area contributed by atoms with Gasteiger partial charge in [-0.15, -0.1) is 0 Å². The Bertz CT molecular complexity index is 721. The first-order valence-electron chi connectivity index (χ1n) is 7.96. The van der Waals surface area contributed by atoms with Gasteiger partial charge in [0.2, 0.25) is 5.91 Å². The second-order valence-corrected chi connectivity index (χ2v) is 5.69. The van der Waals surface area contributed by atoms with Crippen molar-refractivity contribution < 1.29 is 14.3 Å². The molecule has 0 bridgehead atoms. The second-order valence-electron chi connectivity index (χ2n) is 5.69. The molecule has 7 heteroatoms. The molecule has 1 fully saturated rings. The number of hydrogen-bond acceptors (Lipinski definition) is 4. The van der Waals surface area contributed by atoms with Crippen molar-refractivity contribution in [3.63, 3.8) is 0 Å². The third-order valence-corrected chi connectivity index (χ3v) is 3.76. The number of hydrogen-bond donors (Lipinski definition) is 2. The van der Waals surface area contributed by atoms with E-state index >= 15 is 0 Å². The van der Waals surface area contributed by atoms with Gasteiger partial charge in [-0.3, -0.25) is 9.59 Å². The molecule has 1 aliphatic heterocycles. The quantitative estimate of drug-likeness (QED) is 0.875. The molecule has 1 atom stereocenters. The average molecular weight is 328 g/mol. The highest BCUT2D eigenvalue weighted by atomic mass is 16.5. The summed E-state index contributed by atoms with van der Waals surface area (Å²) in [6, 6.07) is 10.9.